The van der Waals surface area contributed by atoms with E-state index in [1.165, 1.54) is 6.34 Å². The largest absolute Gasteiger partial charge is 0.481 e. The van der Waals surface area contributed by atoms with Crippen LogP contribution in [0, 0.1) is 0 Å². The molecule has 1 unspecified atom stereocenters. The van der Waals surface area contributed by atoms with Crippen molar-refractivity contribution in [1.29, 1.82) is 0 Å². The van der Waals surface area contributed by atoms with Crippen molar-refractivity contribution in [2.45, 2.75) is 31.7 Å². The number of aliphatic imine (C=N–C) groups is 1. The lowest BCUT2D eigenvalue weighted by Gasteiger charge is -2.13. The van der Waals surface area contributed by atoms with Gasteiger partial charge in [-0.3, -0.25) is 19.4 Å². The molecule has 0 aliphatic carbocycles. The van der Waals surface area contributed by atoms with Crippen LogP contribution >= 0.6 is 0 Å². The van der Waals surface area contributed by atoms with Crippen molar-refractivity contribution in [3.05, 3.63) is 57.5 Å². The van der Waals surface area contributed by atoms with Gasteiger partial charge in [0.1, 0.15) is 11.7 Å². The number of carboxylic acid groups (broad SMARTS) is 2. The lowest BCUT2D eigenvalue weighted by molar-refractivity contribution is -0.140. The van der Waals surface area contributed by atoms with E-state index in [4.69, 9.17) is 5.11 Å². The number of aromatic nitrogens is 3. The number of carbonyl (C=O) groups excluding carboxylic acids is 1. The Bertz CT molecular complexity index is 1310. The van der Waals surface area contributed by atoms with Crippen molar-refractivity contribution in [3.63, 3.8) is 0 Å². The molecule has 12 nitrogen and oxygen atoms in total. The molecule has 184 valence electrons. The van der Waals surface area contributed by atoms with E-state index in [0.717, 1.165) is 11.1 Å². The van der Waals surface area contributed by atoms with E-state index in [1.54, 1.807) is 49.5 Å². The first-order valence-electron chi connectivity index (χ1n) is 10.8. The maximum atomic E-state index is 12.6. The Kier molecular flexibility index (Phi) is 7.97. The highest BCUT2D eigenvalue weighted by Gasteiger charge is 2.21. The third kappa shape index (κ3) is 6.76. The van der Waals surface area contributed by atoms with Crippen LogP contribution in [0.4, 0.5) is 5.95 Å². The van der Waals surface area contributed by atoms with E-state index in [-0.39, 0.29) is 29.9 Å². The molecule has 0 saturated heterocycles. The zero-order chi connectivity index (χ0) is 25.5. The van der Waals surface area contributed by atoms with E-state index in [0.29, 0.717) is 23.9 Å². The maximum Gasteiger partial charge on any atom is 0.326 e. The maximum absolute atomic E-state index is 12.6. The van der Waals surface area contributed by atoms with E-state index < -0.39 is 23.9 Å². The van der Waals surface area contributed by atoms with Gasteiger partial charge in [0, 0.05) is 32.3 Å². The Morgan fingerprint density at radius 3 is 2.51 bits per heavy atom. The van der Waals surface area contributed by atoms with Gasteiger partial charge >= 0.3 is 11.9 Å². The molecule has 2 aromatic heterocycles. The van der Waals surface area contributed by atoms with Crippen LogP contribution in [-0.2, 0) is 22.4 Å². The molecule has 3 rings (SSSR count). The van der Waals surface area contributed by atoms with Gasteiger partial charge in [0.05, 0.1) is 11.7 Å². The van der Waals surface area contributed by atoms with Crippen LogP contribution in [-0.4, -0.2) is 74.4 Å². The number of aryl methyl sites for hydroxylation is 2. The van der Waals surface area contributed by atoms with E-state index >= 15 is 0 Å². The van der Waals surface area contributed by atoms with Gasteiger partial charge in [0.2, 0.25) is 5.95 Å². The van der Waals surface area contributed by atoms with Crippen LogP contribution in [0.1, 0.15) is 34.3 Å². The minimum Gasteiger partial charge on any atom is -0.481 e. The van der Waals surface area contributed by atoms with Crippen molar-refractivity contribution < 1.29 is 24.6 Å². The minimum absolute atomic E-state index is 0.201. The fraction of sp³-hybridized carbons (Fsp3) is 0.304. The molecule has 0 bridgehead atoms. The minimum atomic E-state index is -1.30. The zero-order valence-electron chi connectivity index (χ0n) is 19.2. The van der Waals surface area contributed by atoms with Crippen LogP contribution in [0.3, 0.4) is 0 Å². The quantitative estimate of drug-likeness (QED) is 0.200. The first-order valence-corrected chi connectivity index (χ1v) is 10.8. The Morgan fingerprint density at radius 2 is 1.89 bits per heavy atom. The van der Waals surface area contributed by atoms with Gasteiger partial charge in [-0.05, 0) is 42.5 Å². The fourth-order valence-electron chi connectivity index (χ4n) is 3.39. The molecule has 0 aliphatic heterocycles. The first kappa shape index (κ1) is 25.1. The Morgan fingerprint density at radius 1 is 1.17 bits per heavy atom. The number of nitrogens with zero attached hydrogens (tertiary/aromatic N) is 3. The smallest absolute Gasteiger partial charge is 0.326 e. The highest BCUT2D eigenvalue weighted by Crippen LogP contribution is 2.17. The van der Waals surface area contributed by atoms with Crippen LogP contribution in [0.25, 0.3) is 11.0 Å². The number of fused-ring (bicyclic) bond motifs is 1. The molecule has 0 spiro atoms. The summed E-state index contributed by atoms with van der Waals surface area (Å²) in [6.45, 7) is 0. The highest BCUT2D eigenvalue weighted by molar-refractivity contribution is 5.96. The van der Waals surface area contributed by atoms with Crippen molar-refractivity contribution in [2.24, 2.45) is 4.99 Å². The van der Waals surface area contributed by atoms with Gasteiger partial charge in [-0.15, -0.1) is 0 Å². The van der Waals surface area contributed by atoms with Gasteiger partial charge < -0.3 is 25.4 Å². The number of aromatic amines is 2. The number of hydrogen-bond acceptors (Lipinski definition) is 6. The number of amides is 1. The van der Waals surface area contributed by atoms with Crippen LogP contribution in [0.2, 0.25) is 0 Å². The van der Waals surface area contributed by atoms with Crippen molar-refractivity contribution in [3.8, 4) is 0 Å². The number of hydrogen-bond donors (Lipinski definition) is 5. The molecule has 35 heavy (non-hydrogen) atoms. The van der Waals surface area contributed by atoms with Gasteiger partial charge in [0.25, 0.3) is 11.5 Å². The number of carbonyl (C=O) groups is 3. The first-order chi connectivity index (χ1) is 16.6. The lowest BCUT2D eigenvalue weighted by Crippen LogP contribution is -2.41. The summed E-state index contributed by atoms with van der Waals surface area (Å²) in [6.07, 6.45) is 3.83. The Balaban J connectivity index is 1.65. The predicted molar refractivity (Wildman–Crippen MR) is 128 cm³/mol. The average Bonchev–Trinajstić information content (AvgIpc) is 3.22. The summed E-state index contributed by atoms with van der Waals surface area (Å²) in [6, 6.07) is 5.33. The van der Waals surface area contributed by atoms with E-state index in [9.17, 15) is 24.3 Å². The predicted octanol–water partition coefficient (Wildman–Crippen LogP) is 1.31. The average molecular weight is 482 g/mol. The van der Waals surface area contributed by atoms with Crippen molar-refractivity contribution >= 4 is 41.2 Å². The third-order valence-corrected chi connectivity index (χ3v) is 5.17. The van der Waals surface area contributed by atoms with Gasteiger partial charge in [-0.2, -0.15) is 4.98 Å². The molecule has 3 aromatic rings. The summed E-state index contributed by atoms with van der Waals surface area (Å²) >= 11 is 0. The summed E-state index contributed by atoms with van der Waals surface area (Å²) < 4.78 is 0. The van der Waals surface area contributed by atoms with Gasteiger partial charge in [-0.1, -0.05) is 12.1 Å². The summed E-state index contributed by atoms with van der Waals surface area (Å²) in [5.41, 5.74) is 2.11. The molecule has 12 heteroatoms. The summed E-state index contributed by atoms with van der Waals surface area (Å²) in [7, 11) is 3.61. The van der Waals surface area contributed by atoms with E-state index in [2.05, 4.69) is 25.3 Å². The van der Waals surface area contributed by atoms with Crippen LogP contribution in [0.15, 0.2) is 40.2 Å². The molecule has 0 aliphatic rings. The van der Waals surface area contributed by atoms with Crippen molar-refractivity contribution in [1.82, 2.24) is 25.2 Å². The summed E-state index contributed by atoms with van der Waals surface area (Å²) in [4.78, 5) is 62.7. The monoisotopic (exact) mass is 482 g/mol. The SMILES string of the molecule is CN(C)/C=N\c1nc2[nH]cc(CCc3ccc(C(=O)NC(CCC(=O)O)C(=O)O)cc3)c2c(=O)[nH]1. The highest BCUT2D eigenvalue weighted by atomic mass is 16.4. The second-order valence-corrected chi connectivity index (χ2v) is 8.13. The zero-order valence-corrected chi connectivity index (χ0v) is 19.2. The number of carboxylic acids is 2. The third-order valence-electron chi connectivity index (χ3n) is 5.17. The molecule has 1 amide bonds. The van der Waals surface area contributed by atoms with Gasteiger partial charge in [0.15, 0.2) is 0 Å². The number of H-pyrrole nitrogens is 2. The number of rotatable bonds is 11. The molecule has 0 fully saturated rings. The molecular weight excluding hydrogens is 456 g/mol. The Labute approximate surface area is 199 Å². The van der Waals surface area contributed by atoms with Crippen LogP contribution < -0.4 is 10.9 Å². The molecule has 2 heterocycles. The molecule has 0 saturated carbocycles. The molecular formula is C23H26N6O6. The molecule has 5 N–H and O–H groups in total. The number of nitrogens with one attached hydrogen (secondary N) is 3. The van der Waals surface area contributed by atoms with Crippen molar-refractivity contribution in [2.75, 3.05) is 14.1 Å². The molecule has 1 aromatic carbocycles. The number of aliphatic carboxylic acids is 2. The fourth-order valence-corrected chi connectivity index (χ4v) is 3.39. The second-order valence-electron chi connectivity index (χ2n) is 8.13. The Hall–Kier alpha value is -4.48. The summed E-state index contributed by atoms with van der Waals surface area (Å²) in [5, 5.41) is 20.7. The molecule has 0 radical (unpaired) electrons. The van der Waals surface area contributed by atoms with Crippen LogP contribution in [0.5, 0.6) is 0 Å². The topological polar surface area (TPSA) is 181 Å². The lowest BCUT2D eigenvalue weighted by atomic mass is 10.0. The molecule has 1 atom stereocenters. The normalized spacial score (nSPS) is 12.1. The summed E-state index contributed by atoms with van der Waals surface area (Å²) in [5.74, 6) is -2.83. The van der Waals surface area contributed by atoms with Gasteiger partial charge in [-0.25, -0.2) is 9.79 Å². The number of benzene rings is 1. The van der Waals surface area contributed by atoms with E-state index in [1.807, 2.05) is 0 Å². The second kappa shape index (κ2) is 11.1. The standard InChI is InChI=1S/C23H26N6O6/c1-29(2)12-25-23-27-19-18(21(33)28-23)15(11-24-19)8-5-13-3-6-14(7-4-13)20(32)26-16(22(34)35)9-10-17(30)31/h3-4,6-7,11-12,16H,5,8-10H2,1-2H3,(H,26,32)(H,30,31)(H,34,35)(H2,24,27,28,33)/b25-12-.